The van der Waals surface area contributed by atoms with Gasteiger partial charge in [-0.25, -0.2) is 9.97 Å². The van der Waals surface area contributed by atoms with E-state index < -0.39 is 0 Å². The smallest absolute Gasteiger partial charge is 0.160 e. The summed E-state index contributed by atoms with van der Waals surface area (Å²) in [4.78, 5) is 9.37. The number of imidazole rings is 1. The third-order valence-corrected chi connectivity index (χ3v) is 4.66. The molecule has 3 nitrogen and oxygen atoms in total. The zero-order valence-corrected chi connectivity index (χ0v) is 13.1. The summed E-state index contributed by atoms with van der Waals surface area (Å²) >= 11 is 5.94. The lowest BCUT2D eigenvalue weighted by molar-refractivity contribution is 0.281. The predicted octanol–water partition coefficient (Wildman–Crippen LogP) is 4.10. The highest BCUT2D eigenvalue weighted by Gasteiger charge is 2.30. The van der Waals surface area contributed by atoms with Gasteiger partial charge in [-0.2, -0.15) is 0 Å². The highest BCUT2D eigenvalue weighted by Crippen LogP contribution is 2.39. The van der Waals surface area contributed by atoms with Crippen LogP contribution in [0.2, 0.25) is 0 Å². The van der Waals surface area contributed by atoms with Gasteiger partial charge in [-0.05, 0) is 36.8 Å². The number of pyridine rings is 1. The van der Waals surface area contributed by atoms with Crippen LogP contribution in [0.3, 0.4) is 0 Å². The standard InChI is InChI=1S/C16H22ClN3/c1-12-9-13-15(18-10-12)20(14(19-13)5-8-17)11-16(2)6-3-4-7-16/h9-10H,3-8,11H2,1-2H3. The molecule has 1 aliphatic rings. The number of alkyl halides is 1. The largest absolute Gasteiger partial charge is 0.312 e. The molecule has 0 saturated heterocycles. The fourth-order valence-corrected chi connectivity index (χ4v) is 3.54. The SMILES string of the molecule is Cc1cnc2c(c1)nc(CCCl)n2CC1(C)CCCC1. The first-order valence-corrected chi connectivity index (χ1v) is 8.02. The first-order chi connectivity index (χ1) is 9.61. The topological polar surface area (TPSA) is 30.7 Å². The van der Waals surface area contributed by atoms with Crippen molar-refractivity contribution >= 4 is 22.8 Å². The number of fused-ring (bicyclic) bond motifs is 1. The first-order valence-electron chi connectivity index (χ1n) is 7.49. The van der Waals surface area contributed by atoms with E-state index in [1.54, 1.807) is 0 Å². The van der Waals surface area contributed by atoms with Crippen LogP contribution in [0.1, 0.15) is 44.0 Å². The molecule has 2 aromatic heterocycles. The van der Waals surface area contributed by atoms with Crippen molar-refractivity contribution in [2.24, 2.45) is 5.41 Å². The molecule has 3 rings (SSSR count). The molecule has 0 bridgehead atoms. The molecule has 0 aliphatic heterocycles. The third kappa shape index (κ3) is 2.56. The lowest BCUT2D eigenvalue weighted by Crippen LogP contribution is -2.21. The van der Waals surface area contributed by atoms with Crippen molar-refractivity contribution in [3.05, 3.63) is 23.7 Å². The highest BCUT2D eigenvalue weighted by atomic mass is 35.5. The van der Waals surface area contributed by atoms with E-state index in [9.17, 15) is 0 Å². The Hall–Kier alpha value is -1.09. The van der Waals surface area contributed by atoms with Gasteiger partial charge in [-0.3, -0.25) is 0 Å². The summed E-state index contributed by atoms with van der Waals surface area (Å²) in [6.45, 7) is 5.47. The van der Waals surface area contributed by atoms with Crippen molar-refractivity contribution < 1.29 is 0 Å². The van der Waals surface area contributed by atoms with Crippen LogP contribution in [0.25, 0.3) is 11.2 Å². The zero-order chi connectivity index (χ0) is 14.2. The Morgan fingerprint density at radius 3 is 2.80 bits per heavy atom. The molecule has 2 aromatic rings. The van der Waals surface area contributed by atoms with Gasteiger partial charge < -0.3 is 4.57 Å². The lowest BCUT2D eigenvalue weighted by Gasteiger charge is -2.25. The van der Waals surface area contributed by atoms with Crippen LogP contribution in [-0.2, 0) is 13.0 Å². The summed E-state index contributed by atoms with van der Waals surface area (Å²) in [6, 6.07) is 2.12. The second-order valence-corrected chi connectivity index (χ2v) is 6.80. The molecule has 0 radical (unpaired) electrons. The Bertz CT molecular complexity index is 611. The average Bonchev–Trinajstić information content (AvgIpc) is 2.96. The molecule has 2 heterocycles. The minimum Gasteiger partial charge on any atom is -0.312 e. The van der Waals surface area contributed by atoms with E-state index in [4.69, 9.17) is 16.6 Å². The predicted molar refractivity (Wildman–Crippen MR) is 83.3 cm³/mol. The number of aromatic nitrogens is 3. The number of aryl methyl sites for hydroxylation is 2. The second kappa shape index (κ2) is 5.36. The van der Waals surface area contributed by atoms with Crippen molar-refractivity contribution in [3.8, 4) is 0 Å². The fraction of sp³-hybridized carbons (Fsp3) is 0.625. The van der Waals surface area contributed by atoms with E-state index in [2.05, 4.69) is 29.5 Å². The van der Waals surface area contributed by atoms with E-state index >= 15 is 0 Å². The Morgan fingerprint density at radius 1 is 1.35 bits per heavy atom. The Kier molecular flexibility index (Phi) is 3.72. The van der Waals surface area contributed by atoms with Crippen molar-refractivity contribution in [2.75, 3.05) is 5.88 Å². The molecule has 20 heavy (non-hydrogen) atoms. The quantitative estimate of drug-likeness (QED) is 0.794. The number of hydrogen-bond acceptors (Lipinski definition) is 2. The summed E-state index contributed by atoms with van der Waals surface area (Å²) in [5.74, 6) is 1.69. The normalized spacial score (nSPS) is 17.9. The summed E-state index contributed by atoms with van der Waals surface area (Å²) in [5, 5.41) is 0. The molecule has 0 N–H and O–H groups in total. The maximum absolute atomic E-state index is 5.94. The van der Waals surface area contributed by atoms with Crippen LogP contribution in [0, 0.1) is 12.3 Å². The summed E-state index contributed by atoms with van der Waals surface area (Å²) in [7, 11) is 0. The molecule has 0 atom stereocenters. The van der Waals surface area contributed by atoms with Gasteiger partial charge >= 0.3 is 0 Å². The maximum Gasteiger partial charge on any atom is 0.160 e. The third-order valence-electron chi connectivity index (χ3n) is 4.47. The van der Waals surface area contributed by atoms with Gasteiger partial charge in [0, 0.05) is 25.0 Å². The molecule has 1 saturated carbocycles. The second-order valence-electron chi connectivity index (χ2n) is 6.43. The molecule has 0 unspecified atom stereocenters. The molecule has 1 fully saturated rings. The van der Waals surface area contributed by atoms with Gasteiger partial charge in [0.25, 0.3) is 0 Å². The molecule has 108 valence electrons. The van der Waals surface area contributed by atoms with E-state index in [0.717, 1.165) is 35.5 Å². The van der Waals surface area contributed by atoms with Crippen LogP contribution in [0.15, 0.2) is 12.3 Å². The van der Waals surface area contributed by atoms with E-state index in [-0.39, 0.29) is 0 Å². The van der Waals surface area contributed by atoms with E-state index in [1.165, 1.54) is 25.7 Å². The minimum atomic E-state index is 0.390. The zero-order valence-electron chi connectivity index (χ0n) is 12.3. The first kappa shape index (κ1) is 13.9. The van der Waals surface area contributed by atoms with Crippen molar-refractivity contribution in [3.63, 3.8) is 0 Å². The van der Waals surface area contributed by atoms with Gasteiger partial charge in [0.15, 0.2) is 5.65 Å². The van der Waals surface area contributed by atoms with Crippen LogP contribution in [0.4, 0.5) is 0 Å². The Morgan fingerprint density at radius 2 is 2.10 bits per heavy atom. The van der Waals surface area contributed by atoms with Gasteiger partial charge in [0.05, 0.1) is 0 Å². The summed E-state index contributed by atoms with van der Waals surface area (Å²) < 4.78 is 2.31. The number of rotatable bonds is 4. The van der Waals surface area contributed by atoms with E-state index in [0.29, 0.717) is 11.3 Å². The lowest BCUT2D eigenvalue weighted by atomic mass is 9.89. The van der Waals surface area contributed by atoms with Gasteiger partial charge in [0.1, 0.15) is 11.3 Å². The van der Waals surface area contributed by atoms with Gasteiger partial charge in [-0.15, -0.1) is 11.6 Å². The number of hydrogen-bond donors (Lipinski definition) is 0. The fourth-order valence-electron chi connectivity index (χ4n) is 3.37. The molecule has 4 heteroatoms. The van der Waals surface area contributed by atoms with Crippen molar-refractivity contribution in [1.82, 2.24) is 14.5 Å². The summed E-state index contributed by atoms with van der Waals surface area (Å²) in [6.07, 6.45) is 8.05. The van der Waals surface area contributed by atoms with Crippen LogP contribution >= 0.6 is 11.6 Å². The molecule has 0 aromatic carbocycles. The number of halogens is 1. The molecular formula is C16H22ClN3. The Balaban J connectivity index is 2.04. The van der Waals surface area contributed by atoms with Crippen LogP contribution in [0.5, 0.6) is 0 Å². The maximum atomic E-state index is 5.94. The van der Waals surface area contributed by atoms with Gasteiger partial charge in [-0.1, -0.05) is 19.8 Å². The molecule has 0 spiro atoms. The molecular weight excluding hydrogens is 270 g/mol. The monoisotopic (exact) mass is 291 g/mol. The summed E-state index contributed by atoms with van der Waals surface area (Å²) in [5.41, 5.74) is 3.57. The molecule has 0 amide bonds. The van der Waals surface area contributed by atoms with Crippen molar-refractivity contribution in [2.45, 2.75) is 52.5 Å². The van der Waals surface area contributed by atoms with E-state index in [1.807, 2.05) is 6.20 Å². The highest BCUT2D eigenvalue weighted by molar-refractivity contribution is 6.17. The van der Waals surface area contributed by atoms with Crippen LogP contribution < -0.4 is 0 Å². The van der Waals surface area contributed by atoms with Crippen LogP contribution in [-0.4, -0.2) is 20.4 Å². The minimum absolute atomic E-state index is 0.390. The average molecular weight is 292 g/mol. The Labute approximate surface area is 125 Å². The van der Waals surface area contributed by atoms with Gasteiger partial charge in [0.2, 0.25) is 0 Å². The number of nitrogens with zero attached hydrogens (tertiary/aromatic N) is 3. The van der Waals surface area contributed by atoms with Crippen molar-refractivity contribution in [1.29, 1.82) is 0 Å². The molecule has 1 aliphatic carbocycles.